The lowest BCUT2D eigenvalue weighted by molar-refractivity contribution is -0.123. The normalized spacial score (nSPS) is 17.2. The van der Waals surface area contributed by atoms with Gasteiger partial charge in [-0.2, -0.15) is 0 Å². The van der Waals surface area contributed by atoms with E-state index in [0.29, 0.717) is 18.9 Å². The Bertz CT molecular complexity index is 1330. The van der Waals surface area contributed by atoms with Crippen LogP contribution >= 0.6 is 0 Å². The number of aromatic nitrogens is 2. The number of nitrogens with one attached hydrogen (secondary N) is 2. The van der Waals surface area contributed by atoms with Crippen molar-refractivity contribution >= 4 is 16.8 Å². The first kappa shape index (κ1) is 24.1. The van der Waals surface area contributed by atoms with Crippen LogP contribution in [0.25, 0.3) is 10.9 Å². The van der Waals surface area contributed by atoms with Gasteiger partial charge in [0.2, 0.25) is 5.91 Å². The lowest BCUT2D eigenvalue weighted by atomic mass is 9.94. The highest BCUT2D eigenvalue weighted by molar-refractivity contribution is 5.90. The molecule has 2 atom stereocenters. The highest BCUT2D eigenvalue weighted by Crippen LogP contribution is 2.36. The van der Waals surface area contributed by atoms with Crippen molar-refractivity contribution in [1.82, 2.24) is 20.2 Å². The van der Waals surface area contributed by atoms with E-state index >= 15 is 0 Å². The standard InChI is InChI=1S/C30H34N4O2/c1-20(2)14-26-25-7-4-8-28-29(25)23(19-34(28)18-22-6-5-13-31-16-22)15-27(33-26)30(35)32-17-21-9-11-24(36-3)12-10-21/h4-13,16,19-20,26-27,33H,14-15,17-18H2,1-3H3,(H,32,35)/t26-,27-/m0/s1. The van der Waals surface area contributed by atoms with Gasteiger partial charge in [-0.1, -0.05) is 44.2 Å². The Hall–Kier alpha value is -3.64. The van der Waals surface area contributed by atoms with Crippen LogP contribution in [-0.2, 0) is 24.3 Å². The van der Waals surface area contributed by atoms with Crippen molar-refractivity contribution in [2.45, 2.75) is 51.9 Å². The van der Waals surface area contributed by atoms with Gasteiger partial charge >= 0.3 is 0 Å². The fourth-order valence-electron chi connectivity index (χ4n) is 5.24. The van der Waals surface area contributed by atoms with Gasteiger partial charge in [0, 0.05) is 48.6 Å². The van der Waals surface area contributed by atoms with Crippen molar-refractivity contribution in [2.24, 2.45) is 5.92 Å². The second-order valence-corrected chi connectivity index (χ2v) is 10.1. The minimum Gasteiger partial charge on any atom is -0.497 e. The summed E-state index contributed by atoms with van der Waals surface area (Å²) in [7, 11) is 1.65. The van der Waals surface area contributed by atoms with E-state index in [1.807, 2.05) is 36.5 Å². The highest BCUT2D eigenvalue weighted by Gasteiger charge is 2.30. The molecule has 0 fully saturated rings. The summed E-state index contributed by atoms with van der Waals surface area (Å²) < 4.78 is 7.54. The maximum atomic E-state index is 13.4. The van der Waals surface area contributed by atoms with Gasteiger partial charge < -0.3 is 14.6 Å². The summed E-state index contributed by atoms with van der Waals surface area (Å²) in [6, 6.07) is 18.2. The molecule has 0 unspecified atom stereocenters. The monoisotopic (exact) mass is 482 g/mol. The molecule has 2 aromatic carbocycles. The first-order chi connectivity index (χ1) is 17.5. The molecule has 0 bridgehead atoms. The van der Waals surface area contributed by atoms with Gasteiger partial charge in [-0.3, -0.25) is 15.1 Å². The molecular formula is C30H34N4O2. The summed E-state index contributed by atoms with van der Waals surface area (Å²) in [5.41, 5.74) is 5.92. The summed E-state index contributed by atoms with van der Waals surface area (Å²) in [6.07, 6.45) is 7.56. The van der Waals surface area contributed by atoms with Crippen LogP contribution in [0.15, 0.2) is 73.2 Å². The number of carbonyl (C=O) groups excluding carboxylic acids is 1. The molecule has 3 heterocycles. The van der Waals surface area contributed by atoms with E-state index in [2.05, 4.69) is 64.5 Å². The molecule has 5 rings (SSSR count). The molecule has 6 heteroatoms. The van der Waals surface area contributed by atoms with E-state index in [1.165, 1.54) is 22.0 Å². The maximum Gasteiger partial charge on any atom is 0.237 e. The molecule has 0 saturated carbocycles. The largest absolute Gasteiger partial charge is 0.497 e. The molecule has 0 saturated heterocycles. The quantitative estimate of drug-likeness (QED) is 0.370. The molecule has 4 aromatic rings. The second-order valence-electron chi connectivity index (χ2n) is 10.1. The van der Waals surface area contributed by atoms with Crippen LogP contribution < -0.4 is 15.4 Å². The zero-order chi connectivity index (χ0) is 25.1. The van der Waals surface area contributed by atoms with E-state index in [-0.39, 0.29) is 18.0 Å². The van der Waals surface area contributed by atoms with Crippen LogP contribution in [0.3, 0.4) is 0 Å². The Morgan fingerprint density at radius 3 is 2.69 bits per heavy atom. The van der Waals surface area contributed by atoms with Gasteiger partial charge in [0.05, 0.1) is 13.2 Å². The zero-order valence-corrected chi connectivity index (χ0v) is 21.2. The van der Waals surface area contributed by atoms with Crippen molar-refractivity contribution < 1.29 is 9.53 Å². The molecule has 1 amide bonds. The summed E-state index contributed by atoms with van der Waals surface area (Å²) >= 11 is 0. The molecule has 186 valence electrons. The smallest absolute Gasteiger partial charge is 0.237 e. The molecule has 0 radical (unpaired) electrons. The van der Waals surface area contributed by atoms with Gasteiger partial charge in [-0.25, -0.2) is 0 Å². The number of pyridine rings is 1. The van der Waals surface area contributed by atoms with Crippen LogP contribution in [0, 0.1) is 5.92 Å². The van der Waals surface area contributed by atoms with Crippen molar-refractivity contribution in [3.05, 3.63) is 95.4 Å². The number of hydrogen-bond acceptors (Lipinski definition) is 4. The third-order valence-corrected chi connectivity index (χ3v) is 6.94. The minimum absolute atomic E-state index is 0.0283. The second kappa shape index (κ2) is 10.5. The molecule has 0 spiro atoms. The number of hydrogen-bond donors (Lipinski definition) is 2. The highest BCUT2D eigenvalue weighted by atomic mass is 16.5. The Morgan fingerprint density at radius 2 is 1.97 bits per heavy atom. The van der Waals surface area contributed by atoms with Gasteiger partial charge in [-0.05, 0) is 65.3 Å². The van der Waals surface area contributed by atoms with E-state index in [4.69, 9.17) is 4.74 Å². The third kappa shape index (κ3) is 5.14. The Morgan fingerprint density at radius 1 is 1.14 bits per heavy atom. The average Bonchev–Trinajstić information content (AvgIpc) is 3.15. The lowest BCUT2D eigenvalue weighted by Gasteiger charge is -2.25. The van der Waals surface area contributed by atoms with Crippen LogP contribution in [0.2, 0.25) is 0 Å². The molecule has 2 aromatic heterocycles. The van der Waals surface area contributed by atoms with E-state index in [9.17, 15) is 4.79 Å². The van der Waals surface area contributed by atoms with Crippen molar-refractivity contribution in [3.8, 4) is 5.75 Å². The first-order valence-corrected chi connectivity index (χ1v) is 12.7. The Balaban J connectivity index is 1.43. The maximum absolute atomic E-state index is 13.4. The molecule has 1 aliphatic rings. The average molecular weight is 483 g/mol. The number of carbonyl (C=O) groups is 1. The number of ether oxygens (including phenoxy) is 1. The fourth-order valence-corrected chi connectivity index (χ4v) is 5.24. The Labute approximate surface area is 212 Å². The molecule has 6 nitrogen and oxygen atoms in total. The van der Waals surface area contributed by atoms with Crippen molar-refractivity contribution in [2.75, 3.05) is 7.11 Å². The van der Waals surface area contributed by atoms with Crippen molar-refractivity contribution in [1.29, 1.82) is 0 Å². The molecule has 2 N–H and O–H groups in total. The van der Waals surface area contributed by atoms with Gasteiger partial charge in [-0.15, -0.1) is 0 Å². The fraction of sp³-hybridized carbons (Fsp3) is 0.333. The number of rotatable bonds is 8. The number of benzene rings is 2. The van der Waals surface area contributed by atoms with Gasteiger partial charge in [0.25, 0.3) is 0 Å². The molecule has 0 aliphatic carbocycles. The summed E-state index contributed by atoms with van der Waals surface area (Å²) in [5.74, 6) is 1.34. The Kier molecular flexibility index (Phi) is 7.05. The van der Waals surface area contributed by atoms with Crippen LogP contribution in [0.5, 0.6) is 5.75 Å². The predicted molar refractivity (Wildman–Crippen MR) is 143 cm³/mol. The SMILES string of the molecule is COc1ccc(CNC(=O)[C@@H]2Cc3cn(Cc4cccnc4)c4cccc(c34)[C@H](CC(C)C)N2)cc1. The molecule has 1 aliphatic heterocycles. The lowest BCUT2D eigenvalue weighted by Crippen LogP contribution is -2.46. The summed E-state index contributed by atoms with van der Waals surface area (Å²) in [5, 5.41) is 8.15. The zero-order valence-electron chi connectivity index (χ0n) is 21.2. The summed E-state index contributed by atoms with van der Waals surface area (Å²) in [6.45, 7) is 5.71. The molecule has 36 heavy (non-hydrogen) atoms. The number of methoxy groups -OCH3 is 1. The molecular weight excluding hydrogens is 448 g/mol. The van der Waals surface area contributed by atoms with E-state index in [1.54, 1.807) is 13.3 Å². The number of nitrogens with zero attached hydrogens (tertiary/aromatic N) is 2. The van der Waals surface area contributed by atoms with Crippen molar-refractivity contribution in [3.63, 3.8) is 0 Å². The predicted octanol–water partition coefficient (Wildman–Crippen LogP) is 5.01. The van der Waals surface area contributed by atoms with E-state index < -0.39 is 0 Å². The van der Waals surface area contributed by atoms with Gasteiger partial charge in [0.15, 0.2) is 0 Å². The number of amides is 1. The van der Waals surface area contributed by atoms with Gasteiger partial charge in [0.1, 0.15) is 5.75 Å². The summed E-state index contributed by atoms with van der Waals surface area (Å²) in [4.78, 5) is 17.7. The van der Waals surface area contributed by atoms with Crippen LogP contribution in [0.4, 0.5) is 0 Å². The third-order valence-electron chi connectivity index (χ3n) is 6.94. The minimum atomic E-state index is -0.308. The topological polar surface area (TPSA) is 68.2 Å². The first-order valence-electron chi connectivity index (χ1n) is 12.7. The van der Waals surface area contributed by atoms with E-state index in [0.717, 1.165) is 29.8 Å². The van der Waals surface area contributed by atoms with Crippen LogP contribution in [-0.4, -0.2) is 28.6 Å². The van der Waals surface area contributed by atoms with Crippen LogP contribution in [0.1, 0.15) is 48.6 Å².